The van der Waals surface area contributed by atoms with Gasteiger partial charge in [-0.3, -0.25) is 9.69 Å². The molecule has 2 N–H and O–H groups in total. The van der Waals surface area contributed by atoms with Gasteiger partial charge >= 0.3 is 6.18 Å². The molecule has 38 heavy (non-hydrogen) atoms. The standard InChI is InChI=1S/C25H32F3N9O/c1-34(19-6-9-36(10-7-19)24-30-14-18(15-31-24)25(26,27)28)16-20-3-2-8-35(20)11-12-37-22-13-17(23(29)38)4-5-21(22)32-33-37/h4-5,13-15,19-20H,2-3,6-12,16H2,1H3,(H2,29,38). The minimum absolute atomic E-state index is 0.352. The molecule has 1 amide bonds. The molecule has 4 heterocycles. The zero-order valence-electron chi connectivity index (χ0n) is 21.3. The topological polar surface area (TPSA) is 109 Å². The largest absolute Gasteiger partial charge is 0.419 e. The predicted octanol–water partition coefficient (Wildman–Crippen LogP) is 2.40. The molecule has 1 atom stereocenters. The number of nitrogens with two attached hydrogens (primary N) is 1. The zero-order valence-corrected chi connectivity index (χ0v) is 21.3. The van der Waals surface area contributed by atoms with Crippen molar-refractivity contribution >= 4 is 22.9 Å². The van der Waals surface area contributed by atoms with Crippen LogP contribution in [0.25, 0.3) is 11.0 Å². The number of likely N-dealkylation sites (tertiary alicyclic amines) is 1. The van der Waals surface area contributed by atoms with E-state index in [1.807, 2.05) is 9.58 Å². The minimum Gasteiger partial charge on any atom is -0.366 e. The summed E-state index contributed by atoms with van der Waals surface area (Å²) in [6, 6.07) is 6.01. The number of halogens is 3. The van der Waals surface area contributed by atoms with Crippen LogP contribution in [0.1, 0.15) is 41.6 Å². The summed E-state index contributed by atoms with van der Waals surface area (Å²) in [5.74, 6) is -0.121. The number of piperidine rings is 1. The number of primary amides is 1. The van der Waals surface area contributed by atoms with E-state index in [-0.39, 0.29) is 0 Å². The number of benzene rings is 1. The maximum Gasteiger partial charge on any atom is 0.419 e. The van der Waals surface area contributed by atoms with Crippen LogP contribution in [0.4, 0.5) is 19.1 Å². The summed E-state index contributed by atoms with van der Waals surface area (Å²) >= 11 is 0. The van der Waals surface area contributed by atoms with E-state index in [1.54, 1.807) is 18.2 Å². The van der Waals surface area contributed by atoms with E-state index in [0.717, 1.165) is 68.7 Å². The second-order valence-electron chi connectivity index (χ2n) is 10.1. The quantitative estimate of drug-likeness (QED) is 0.472. The Morgan fingerprint density at radius 3 is 2.53 bits per heavy atom. The number of carbonyl (C=O) groups excluding carboxylic acids is 1. The maximum atomic E-state index is 12.8. The van der Waals surface area contributed by atoms with E-state index in [0.29, 0.717) is 43.2 Å². The summed E-state index contributed by atoms with van der Waals surface area (Å²) in [6.45, 7) is 4.90. The van der Waals surface area contributed by atoms with Gasteiger partial charge in [0.25, 0.3) is 0 Å². The molecular formula is C25H32F3N9O. The van der Waals surface area contributed by atoms with Crippen LogP contribution in [0.3, 0.4) is 0 Å². The second kappa shape index (κ2) is 10.8. The minimum atomic E-state index is -4.43. The fraction of sp³-hybridized carbons (Fsp3) is 0.560. The molecule has 1 aromatic carbocycles. The normalized spacial score (nSPS) is 19.6. The number of carbonyl (C=O) groups is 1. The average Bonchev–Trinajstić information content (AvgIpc) is 3.53. The van der Waals surface area contributed by atoms with Crippen LogP contribution in [0, 0.1) is 0 Å². The first-order valence-electron chi connectivity index (χ1n) is 12.9. The zero-order chi connectivity index (χ0) is 26.9. The first kappa shape index (κ1) is 26.3. The Morgan fingerprint density at radius 2 is 1.84 bits per heavy atom. The third-order valence-corrected chi connectivity index (χ3v) is 7.73. The molecule has 2 aliphatic heterocycles. The summed E-state index contributed by atoms with van der Waals surface area (Å²) in [7, 11) is 2.15. The van der Waals surface area contributed by atoms with Crippen LogP contribution in [0.2, 0.25) is 0 Å². The van der Waals surface area contributed by atoms with Gasteiger partial charge in [-0.25, -0.2) is 14.6 Å². The Kier molecular flexibility index (Phi) is 7.48. The van der Waals surface area contributed by atoms with Crippen molar-refractivity contribution in [3.05, 3.63) is 41.7 Å². The van der Waals surface area contributed by atoms with Crippen molar-refractivity contribution in [2.24, 2.45) is 5.73 Å². The monoisotopic (exact) mass is 531 g/mol. The van der Waals surface area contributed by atoms with Gasteiger partial charge in [0, 0.05) is 56.2 Å². The molecule has 13 heteroatoms. The summed E-state index contributed by atoms with van der Waals surface area (Å²) in [5, 5.41) is 8.48. The SMILES string of the molecule is CN(CC1CCCN1CCn1nnc2ccc(C(N)=O)cc21)C1CCN(c2ncc(C(F)(F)F)cn2)CC1. The van der Waals surface area contributed by atoms with Crippen molar-refractivity contribution in [3.8, 4) is 0 Å². The number of hydrogen-bond acceptors (Lipinski definition) is 8. The number of rotatable bonds is 8. The van der Waals surface area contributed by atoms with Crippen LogP contribution >= 0.6 is 0 Å². The third-order valence-electron chi connectivity index (χ3n) is 7.73. The lowest BCUT2D eigenvalue weighted by Gasteiger charge is -2.38. The van der Waals surface area contributed by atoms with Crippen molar-refractivity contribution in [1.29, 1.82) is 0 Å². The highest BCUT2D eigenvalue weighted by Gasteiger charge is 2.33. The molecule has 2 aliphatic rings. The van der Waals surface area contributed by atoms with Crippen molar-refractivity contribution < 1.29 is 18.0 Å². The van der Waals surface area contributed by atoms with E-state index in [1.165, 1.54) is 0 Å². The molecule has 0 bridgehead atoms. The highest BCUT2D eigenvalue weighted by atomic mass is 19.4. The smallest absolute Gasteiger partial charge is 0.366 e. The summed E-state index contributed by atoms with van der Waals surface area (Å²) in [6.07, 6.45) is 1.36. The highest BCUT2D eigenvalue weighted by Crippen LogP contribution is 2.29. The molecule has 0 saturated carbocycles. The summed E-state index contributed by atoms with van der Waals surface area (Å²) < 4.78 is 40.2. The second-order valence-corrected chi connectivity index (χ2v) is 10.1. The lowest BCUT2D eigenvalue weighted by molar-refractivity contribution is -0.138. The fourth-order valence-electron chi connectivity index (χ4n) is 5.52. The van der Waals surface area contributed by atoms with Gasteiger partial charge in [0.1, 0.15) is 5.52 Å². The number of likely N-dealkylation sites (N-methyl/N-ethyl adjacent to an activating group) is 1. The Labute approximate surface area is 218 Å². The molecule has 10 nitrogen and oxygen atoms in total. The highest BCUT2D eigenvalue weighted by molar-refractivity contribution is 5.96. The lowest BCUT2D eigenvalue weighted by atomic mass is 10.0. The molecule has 0 spiro atoms. The van der Waals surface area contributed by atoms with Gasteiger partial charge in [-0.1, -0.05) is 5.21 Å². The number of hydrogen-bond donors (Lipinski definition) is 1. The van der Waals surface area contributed by atoms with E-state index in [2.05, 4.69) is 37.1 Å². The van der Waals surface area contributed by atoms with Crippen LogP contribution < -0.4 is 10.6 Å². The third kappa shape index (κ3) is 5.73. The number of anilines is 1. The van der Waals surface area contributed by atoms with Crippen molar-refractivity contribution in [2.75, 3.05) is 44.7 Å². The van der Waals surface area contributed by atoms with E-state index >= 15 is 0 Å². The summed E-state index contributed by atoms with van der Waals surface area (Å²) in [4.78, 5) is 26.3. The van der Waals surface area contributed by atoms with E-state index in [9.17, 15) is 18.0 Å². The maximum absolute atomic E-state index is 12.8. The molecule has 0 radical (unpaired) electrons. The summed E-state index contributed by atoms with van der Waals surface area (Å²) in [5.41, 5.74) is 6.59. The van der Waals surface area contributed by atoms with Crippen LogP contribution in [0.5, 0.6) is 0 Å². The van der Waals surface area contributed by atoms with Crippen LogP contribution in [0.15, 0.2) is 30.6 Å². The number of aromatic nitrogens is 5. The average molecular weight is 532 g/mol. The lowest BCUT2D eigenvalue weighted by Crippen LogP contribution is -2.48. The molecule has 2 aromatic heterocycles. The Balaban J connectivity index is 1.13. The molecule has 0 aliphatic carbocycles. The number of fused-ring (bicyclic) bond motifs is 1. The molecule has 3 aromatic rings. The Morgan fingerprint density at radius 1 is 1.11 bits per heavy atom. The molecule has 1 unspecified atom stereocenters. The van der Waals surface area contributed by atoms with E-state index in [4.69, 9.17) is 5.73 Å². The number of alkyl halides is 3. The molecule has 2 saturated heterocycles. The first-order valence-corrected chi connectivity index (χ1v) is 12.9. The Hall–Kier alpha value is -3.32. The van der Waals surface area contributed by atoms with Gasteiger partial charge in [0.15, 0.2) is 0 Å². The van der Waals surface area contributed by atoms with Crippen LogP contribution in [-0.2, 0) is 12.7 Å². The van der Waals surface area contributed by atoms with Crippen molar-refractivity contribution in [2.45, 2.75) is 50.5 Å². The molecule has 2 fully saturated rings. The van der Waals surface area contributed by atoms with Crippen molar-refractivity contribution in [3.63, 3.8) is 0 Å². The predicted molar refractivity (Wildman–Crippen MR) is 136 cm³/mol. The van der Waals surface area contributed by atoms with Crippen LogP contribution in [-0.4, -0.2) is 92.5 Å². The van der Waals surface area contributed by atoms with E-state index < -0.39 is 17.6 Å². The fourth-order valence-corrected chi connectivity index (χ4v) is 5.52. The van der Waals surface area contributed by atoms with Gasteiger partial charge in [0.05, 0.1) is 17.6 Å². The van der Waals surface area contributed by atoms with Gasteiger partial charge in [-0.2, -0.15) is 13.2 Å². The molecular weight excluding hydrogens is 499 g/mol. The molecule has 5 rings (SSSR count). The van der Waals surface area contributed by atoms with Gasteiger partial charge in [-0.05, 0) is 57.5 Å². The first-order chi connectivity index (χ1) is 18.2. The van der Waals surface area contributed by atoms with Gasteiger partial charge in [0.2, 0.25) is 11.9 Å². The molecule has 204 valence electrons. The van der Waals surface area contributed by atoms with Gasteiger partial charge < -0.3 is 15.5 Å². The Bertz CT molecular complexity index is 1260. The van der Waals surface area contributed by atoms with Gasteiger partial charge in [-0.15, -0.1) is 5.10 Å². The number of nitrogens with zero attached hydrogens (tertiary/aromatic N) is 8. The number of amides is 1. The van der Waals surface area contributed by atoms with Crippen molar-refractivity contribution in [1.82, 2.24) is 34.8 Å².